The van der Waals surface area contributed by atoms with Gasteiger partial charge in [0, 0.05) is 18.2 Å². The lowest BCUT2D eigenvalue weighted by Crippen LogP contribution is -2.39. The quantitative estimate of drug-likeness (QED) is 0.846. The number of hydrogen-bond donors (Lipinski definition) is 2. The predicted molar refractivity (Wildman–Crippen MR) is 80.8 cm³/mol. The summed E-state index contributed by atoms with van der Waals surface area (Å²) >= 11 is 12.0. The molecule has 20 heavy (non-hydrogen) atoms. The minimum atomic E-state index is -0.274. The second-order valence-corrected chi connectivity index (χ2v) is 5.62. The van der Waals surface area contributed by atoms with Gasteiger partial charge in [-0.25, -0.2) is 0 Å². The summed E-state index contributed by atoms with van der Waals surface area (Å²) in [5, 5.41) is 12.5. The summed E-state index contributed by atoms with van der Waals surface area (Å²) in [5.74, 6) is 0.291. The Morgan fingerprint density at radius 1 is 1.35 bits per heavy atom. The molecule has 0 saturated carbocycles. The molecule has 1 atom stereocenters. The van der Waals surface area contributed by atoms with Crippen molar-refractivity contribution in [2.24, 2.45) is 5.92 Å². The third-order valence-electron chi connectivity index (χ3n) is 3.03. The van der Waals surface area contributed by atoms with Crippen LogP contribution in [0.25, 0.3) is 0 Å². The van der Waals surface area contributed by atoms with Gasteiger partial charge in [0.1, 0.15) is 0 Å². The average molecular weight is 320 g/mol. The van der Waals surface area contributed by atoms with E-state index in [-0.39, 0.29) is 34.5 Å². The molecule has 6 heteroatoms. The van der Waals surface area contributed by atoms with Gasteiger partial charge in [0.15, 0.2) is 5.75 Å². The summed E-state index contributed by atoms with van der Waals surface area (Å²) in [5.41, 5.74) is 0.365. The highest BCUT2D eigenvalue weighted by Crippen LogP contribution is 2.33. The average Bonchev–Trinajstić information content (AvgIpc) is 2.37. The van der Waals surface area contributed by atoms with E-state index in [1.54, 1.807) is 0 Å². The number of aliphatic hydroxyl groups excluding tert-OH is 1. The normalized spacial score (nSPS) is 12.3. The van der Waals surface area contributed by atoms with Crippen LogP contribution in [0.1, 0.15) is 30.6 Å². The topological polar surface area (TPSA) is 58.6 Å². The van der Waals surface area contributed by atoms with Crippen molar-refractivity contribution in [3.05, 3.63) is 27.7 Å². The number of rotatable bonds is 6. The summed E-state index contributed by atoms with van der Waals surface area (Å²) in [6, 6.07) is 2.92. The SMILES string of the molecule is COc1c(Cl)cc(C(=O)NC(CCO)C(C)C)cc1Cl. The zero-order valence-electron chi connectivity index (χ0n) is 11.7. The van der Waals surface area contributed by atoms with Crippen molar-refractivity contribution in [1.29, 1.82) is 0 Å². The highest BCUT2D eigenvalue weighted by atomic mass is 35.5. The highest BCUT2D eigenvalue weighted by molar-refractivity contribution is 6.37. The van der Waals surface area contributed by atoms with Gasteiger partial charge in [-0.15, -0.1) is 0 Å². The molecule has 0 radical (unpaired) electrons. The van der Waals surface area contributed by atoms with E-state index >= 15 is 0 Å². The molecule has 112 valence electrons. The number of amides is 1. The number of carbonyl (C=O) groups is 1. The number of hydrogen-bond acceptors (Lipinski definition) is 3. The summed E-state index contributed by atoms with van der Waals surface area (Å²) in [6.07, 6.45) is 0.501. The first-order chi connectivity index (χ1) is 9.40. The van der Waals surface area contributed by atoms with E-state index in [2.05, 4.69) is 5.32 Å². The van der Waals surface area contributed by atoms with E-state index < -0.39 is 0 Å². The maximum absolute atomic E-state index is 12.2. The maximum Gasteiger partial charge on any atom is 0.251 e. The number of benzene rings is 1. The molecule has 0 spiro atoms. The largest absolute Gasteiger partial charge is 0.494 e. The molecule has 0 bridgehead atoms. The molecule has 0 aliphatic heterocycles. The fourth-order valence-corrected chi connectivity index (χ4v) is 2.49. The van der Waals surface area contributed by atoms with E-state index in [4.69, 9.17) is 33.0 Å². The van der Waals surface area contributed by atoms with E-state index in [1.807, 2.05) is 13.8 Å². The number of nitrogens with one attached hydrogen (secondary N) is 1. The molecule has 0 fully saturated rings. The minimum Gasteiger partial charge on any atom is -0.494 e. The summed E-state index contributed by atoms with van der Waals surface area (Å²) < 4.78 is 5.04. The molecule has 0 aromatic heterocycles. The molecule has 1 unspecified atom stereocenters. The molecule has 0 aliphatic carbocycles. The molecule has 4 nitrogen and oxygen atoms in total. The van der Waals surface area contributed by atoms with Gasteiger partial charge in [0.05, 0.1) is 17.2 Å². The number of carbonyl (C=O) groups excluding carboxylic acids is 1. The van der Waals surface area contributed by atoms with E-state index in [1.165, 1.54) is 19.2 Å². The zero-order chi connectivity index (χ0) is 15.3. The van der Waals surface area contributed by atoms with Crippen molar-refractivity contribution in [3.63, 3.8) is 0 Å². The fourth-order valence-electron chi connectivity index (χ4n) is 1.85. The summed E-state index contributed by atoms with van der Waals surface area (Å²) in [4.78, 5) is 12.2. The first-order valence-corrected chi connectivity index (χ1v) is 7.11. The van der Waals surface area contributed by atoms with Crippen LogP contribution in [-0.4, -0.2) is 30.8 Å². The Hall–Kier alpha value is -0.970. The lowest BCUT2D eigenvalue weighted by Gasteiger charge is -2.21. The van der Waals surface area contributed by atoms with Crippen LogP contribution in [0.5, 0.6) is 5.75 Å². The van der Waals surface area contributed by atoms with Crippen LogP contribution in [0.15, 0.2) is 12.1 Å². The second kappa shape index (κ2) is 7.72. The maximum atomic E-state index is 12.2. The Balaban J connectivity index is 2.92. The Morgan fingerprint density at radius 2 is 1.90 bits per heavy atom. The first-order valence-electron chi connectivity index (χ1n) is 6.35. The predicted octanol–water partition coefficient (Wildman–Crippen LogP) is 3.14. The fraction of sp³-hybridized carbons (Fsp3) is 0.500. The van der Waals surface area contributed by atoms with Crippen LogP contribution in [0, 0.1) is 5.92 Å². The molecular formula is C14H19Cl2NO3. The van der Waals surface area contributed by atoms with Crippen molar-refractivity contribution in [2.75, 3.05) is 13.7 Å². The minimum absolute atomic E-state index is 0.0211. The lowest BCUT2D eigenvalue weighted by atomic mass is 10.0. The number of methoxy groups -OCH3 is 1. The molecule has 1 rings (SSSR count). The van der Waals surface area contributed by atoms with Crippen LogP contribution in [0.4, 0.5) is 0 Å². The van der Waals surface area contributed by atoms with Crippen LogP contribution in [-0.2, 0) is 0 Å². The van der Waals surface area contributed by atoms with Crippen molar-refractivity contribution < 1.29 is 14.6 Å². The smallest absolute Gasteiger partial charge is 0.251 e. The van der Waals surface area contributed by atoms with E-state index in [0.717, 1.165) is 0 Å². The molecule has 2 N–H and O–H groups in total. The summed E-state index contributed by atoms with van der Waals surface area (Å²) in [7, 11) is 1.46. The molecule has 1 amide bonds. The van der Waals surface area contributed by atoms with Gasteiger partial charge >= 0.3 is 0 Å². The van der Waals surface area contributed by atoms with Gasteiger partial charge in [-0.3, -0.25) is 4.79 Å². The van der Waals surface area contributed by atoms with Crippen LogP contribution >= 0.6 is 23.2 Å². The highest BCUT2D eigenvalue weighted by Gasteiger charge is 2.18. The van der Waals surface area contributed by atoms with Gasteiger partial charge in [0.2, 0.25) is 0 Å². The Kier molecular flexibility index (Phi) is 6.59. The molecule has 0 aliphatic rings. The van der Waals surface area contributed by atoms with E-state index in [0.29, 0.717) is 17.7 Å². The van der Waals surface area contributed by atoms with Gasteiger partial charge < -0.3 is 15.2 Å². The van der Waals surface area contributed by atoms with Crippen LogP contribution in [0.2, 0.25) is 10.0 Å². The molecular weight excluding hydrogens is 301 g/mol. The van der Waals surface area contributed by atoms with E-state index in [9.17, 15) is 4.79 Å². The van der Waals surface area contributed by atoms with Crippen molar-refractivity contribution in [3.8, 4) is 5.75 Å². The Labute approximate surface area is 129 Å². The number of aliphatic hydroxyl groups is 1. The van der Waals surface area contributed by atoms with Gasteiger partial charge in [-0.2, -0.15) is 0 Å². The van der Waals surface area contributed by atoms with Gasteiger partial charge in [-0.05, 0) is 24.5 Å². The third kappa shape index (κ3) is 4.27. The third-order valence-corrected chi connectivity index (χ3v) is 3.59. The standard InChI is InChI=1S/C14H19Cl2NO3/c1-8(2)12(4-5-18)17-14(19)9-6-10(15)13(20-3)11(16)7-9/h6-8,12,18H,4-5H2,1-3H3,(H,17,19). The monoisotopic (exact) mass is 319 g/mol. The molecule has 1 aromatic rings. The molecule has 1 aromatic carbocycles. The first kappa shape index (κ1) is 17.1. The van der Waals surface area contributed by atoms with Gasteiger partial charge in [0.25, 0.3) is 5.91 Å². The second-order valence-electron chi connectivity index (χ2n) is 4.81. The number of ether oxygens (including phenoxy) is 1. The van der Waals surface area contributed by atoms with Crippen LogP contribution in [0.3, 0.4) is 0 Å². The molecule has 0 heterocycles. The Bertz CT molecular complexity index is 454. The zero-order valence-corrected chi connectivity index (χ0v) is 13.3. The van der Waals surface area contributed by atoms with Crippen molar-refractivity contribution in [1.82, 2.24) is 5.32 Å². The van der Waals surface area contributed by atoms with Crippen LogP contribution < -0.4 is 10.1 Å². The lowest BCUT2D eigenvalue weighted by molar-refractivity contribution is 0.0916. The molecule has 0 saturated heterocycles. The summed E-state index contributed by atoms with van der Waals surface area (Å²) in [6.45, 7) is 3.98. The van der Waals surface area contributed by atoms with Gasteiger partial charge in [-0.1, -0.05) is 37.0 Å². The Morgan fingerprint density at radius 3 is 2.30 bits per heavy atom. The number of halogens is 2. The van der Waals surface area contributed by atoms with Crippen molar-refractivity contribution in [2.45, 2.75) is 26.3 Å². The van der Waals surface area contributed by atoms with Crippen molar-refractivity contribution >= 4 is 29.1 Å².